The molecular weight excluding hydrogens is 152 g/mol. The fourth-order valence-electron chi connectivity index (χ4n) is 0.985. The van der Waals surface area contributed by atoms with Gasteiger partial charge in [0.25, 0.3) is 0 Å². The van der Waals surface area contributed by atoms with Crippen LogP contribution < -0.4 is 0 Å². The largest absolute Gasteiger partial charge is 0.472 e. The van der Waals surface area contributed by atoms with Crippen molar-refractivity contribution in [2.45, 2.75) is 25.9 Å². The molecule has 0 aromatic carbocycles. The number of aliphatic hydroxyl groups excluding tert-OH is 1. The van der Waals surface area contributed by atoms with Gasteiger partial charge in [-0.25, -0.2) is 0 Å². The van der Waals surface area contributed by atoms with Gasteiger partial charge in [-0.1, -0.05) is 12.2 Å². The van der Waals surface area contributed by atoms with Gasteiger partial charge in [0.15, 0.2) is 0 Å². The van der Waals surface area contributed by atoms with Crippen molar-refractivity contribution in [1.29, 1.82) is 0 Å². The summed E-state index contributed by atoms with van der Waals surface area (Å²) in [7, 11) is 0. The van der Waals surface area contributed by atoms with Crippen molar-refractivity contribution in [2.75, 3.05) is 0 Å². The Balaban J connectivity index is 2.31. The second kappa shape index (κ2) is 4.12. The van der Waals surface area contributed by atoms with Crippen LogP contribution in [-0.4, -0.2) is 11.2 Å². The summed E-state index contributed by atoms with van der Waals surface area (Å²) >= 11 is 0. The molecule has 1 aromatic rings. The maximum atomic E-state index is 9.40. The van der Waals surface area contributed by atoms with Crippen LogP contribution in [0.1, 0.15) is 18.9 Å². The molecule has 1 aromatic heterocycles. The molecule has 0 aliphatic heterocycles. The van der Waals surface area contributed by atoms with E-state index in [1.54, 1.807) is 12.5 Å². The van der Waals surface area contributed by atoms with Gasteiger partial charge in [-0.2, -0.15) is 0 Å². The Kier molecular flexibility index (Phi) is 3.11. The van der Waals surface area contributed by atoms with Gasteiger partial charge in [0.05, 0.1) is 18.6 Å². The van der Waals surface area contributed by atoms with Gasteiger partial charge in [-0.15, -0.1) is 0 Å². The second-order valence-electron chi connectivity index (χ2n) is 3.03. The van der Waals surface area contributed by atoms with Gasteiger partial charge in [-0.05, 0) is 31.4 Å². The third-order valence-corrected chi connectivity index (χ3v) is 1.86. The SMILES string of the molecule is C=C(C)C(O)CCc1ccoc1. The molecular formula is C10H14O2. The molecule has 0 saturated heterocycles. The highest BCUT2D eigenvalue weighted by Crippen LogP contribution is 2.09. The Morgan fingerprint density at radius 3 is 3.00 bits per heavy atom. The van der Waals surface area contributed by atoms with E-state index in [2.05, 4.69) is 6.58 Å². The summed E-state index contributed by atoms with van der Waals surface area (Å²) in [6, 6.07) is 1.91. The van der Waals surface area contributed by atoms with Gasteiger partial charge in [-0.3, -0.25) is 0 Å². The zero-order chi connectivity index (χ0) is 8.97. The third kappa shape index (κ3) is 2.55. The van der Waals surface area contributed by atoms with Crippen LogP contribution in [0, 0.1) is 0 Å². The standard InChI is InChI=1S/C10H14O2/c1-8(2)10(11)4-3-9-5-6-12-7-9/h5-7,10-11H,1,3-4H2,2H3. The molecule has 2 heteroatoms. The summed E-state index contributed by atoms with van der Waals surface area (Å²) in [6.07, 6.45) is 4.51. The Hall–Kier alpha value is -1.02. The van der Waals surface area contributed by atoms with E-state index in [-0.39, 0.29) is 6.10 Å². The molecule has 1 unspecified atom stereocenters. The van der Waals surface area contributed by atoms with E-state index in [4.69, 9.17) is 4.42 Å². The van der Waals surface area contributed by atoms with Crippen LogP contribution in [0.3, 0.4) is 0 Å². The maximum Gasteiger partial charge on any atom is 0.0934 e. The first kappa shape index (κ1) is 9.07. The molecule has 1 atom stereocenters. The molecule has 0 fully saturated rings. The minimum Gasteiger partial charge on any atom is -0.472 e. The zero-order valence-corrected chi connectivity index (χ0v) is 7.29. The number of hydrogen-bond acceptors (Lipinski definition) is 2. The number of furan rings is 1. The Morgan fingerprint density at radius 1 is 1.75 bits per heavy atom. The Labute approximate surface area is 72.5 Å². The molecule has 0 amide bonds. The monoisotopic (exact) mass is 166 g/mol. The molecule has 0 radical (unpaired) electrons. The molecule has 12 heavy (non-hydrogen) atoms. The number of aryl methyl sites for hydroxylation is 1. The fourth-order valence-corrected chi connectivity index (χ4v) is 0.985. The van der Waals surface area contributed by atoms with Gasteiger partial charge >= 0.3 is 0 Å². The smallest absolute Gasteiger partial charge is 0.0934 e. The first-order valence-corrected chi connectivity index (χ1v) is 4.04. The summed E-state index contributed by atoms with van der Waals surface area (Å²) in [5.74, 6) is 0. The highest BCUT2D eigenvalue weighted by atomic mass is 16.3. The minimum absolute atomic E-state index is 0.389. The van der Waals surface area contributed by atoms with Crippen LogP contribution in [0.25, 0.3) is 0 Å². The van der Waals surface area contributed by atoms with Gasteiger partial charge < -0.3 is 9.52 Å². The van der Waals surface area contributed by atoms with Crippen molar-refractivity contribution in [3.05, 3.63) is 36.3 Å². The molecule has 0 bridgehead atoms. The predicted molar refractivity (Wildman–Crippen MR) is 47.8 cm³/mol. The van der Waals surface area contributed by atoms with Gasteiger partial charge in [0.2, 0.25) is 0 Å². The Bertz CT molecular complexity index is 236. The first-order chi connectivity index (χ1) is 5.70. The lowest BCUT2D eigenvalue weighted by atomic mass is 10.1. The van der Waals surface area contributed by atoms with E-state index in [0.29, 0.717) is 0 Å². The van der Waals surface area contributed by atoms with Crippen molar-refractivity contribution < 1.29 is 9.52 Å². The Morgan fingerprint density at radius 2 is 2.50 bits per heavy atom. The third-order valence-electron chi connectivity index (χ3n) is 1.86. The molecule has 0 spiro atoms. The van der Waals surface area contributed by atoms with Crippen molar-refractivity contribution in [3.63, 3.8) is 0 Å². The maximum absolute atomic E-state index is 9.40. The van der Waals surface area contributed by atoms with Gasteiger partial charge in [0.1, 0.15) is 0 Å². The summed E-state index contributed by atoms with van der Waals surface area (Å²) in [5, 5.41) is 9.40. The summed E-state index contributed by atoms with van der Waals surface area (Å²) in [4.78, 5) is 0. The lowest BCUT2D eigenvalue weighted by molar-refractivity contribution is 0.201. The highest BCUT2D eigenvalue weighted by molar-refractivity contribution is 5.07. The number of aliphatic hydroxyl groups is 1. The normalized spacial score (nSPS) is 12.8. The average molecular weight is 166 g/mol. The van der Waals surface area contributed by atoms with Crippen molar-refractivity contribution in [1.82, 2.24) is 0 Å². The molecule has 1 N–H and O–H groups in total. The highest BCUT2D eigenvalue weighted by Gasteiger charge is 2.04. The lowest BCUT2D eigenvalue weighted by Crippen LogP contribution is -2.07. The fraction of sp³-hybridized carbons (Fsp3) is 0.400. The van der Waals surface area contributed by atoms with E-state index in [9.17, 15) is 5.11 Å². The van der Waals surface area contributed by atoms with Crippen LogP contribution in [-0.2, 0) is 6.42 Å². The molecule has 1 rings (SSSR count). The van der Waals surface area contributed by atoms with Crippen LogP contribution >= 0.6 is 0 Å². The topological polar surface area (TPSA) is 33.4 Å². The summed E-state index contributed by atoms with van der Waals surface area (Å²) in [6.45, 7) is 5.51. The predicted octanol–water partition coefficient (Wildman–Crippen LogP) is 2.15. The summed E-state index contributed by atoms with van der Waals surface area (Å²) in [5.41, 5.74) is 1.94. The zero-order valence-electron chi connectivity index (χ0n) is 7.29. The second-order valence-corrected chi connectivity index (χ2v) is 3.03. The molecule has 66 valence electrons. The molecule has 1 heterocycles. The van der Waals surface area contributed by atoms with Crippen LogP contribution in [0.4, 0.5) is 0 Å². The summed E-state index contributed by atoms with van der Waals surface area (Å²) < 4.78 is 4.90. The van der Waals surface area contributed by atoms with E-state index < -0.39 is 0 Å². The first-order valence-electron chi connectivity index (χ1n) is 4.04. The molecule has 0 aliphatic rings. The molecule has 2 nitrogen and oxygen atoms in total. The lowest BCUT2D eigenvalue weighted by Gasteiger charge is -2.07. The van der Waals surface area contributed by atoms with Crippen LogP contribution in [0.15, 0.2) is 35.2 Å². The minimum atomic E-state index is -0.389. The quantitative estimate of drug-likeness (QED) is 0.695. The van der Waals surface area contributed by atoms with Crippen molar-refractivity contribution >= 4 is 0 Å². The average Bonchev–Trinajstić information content (AvgIpc) is 2.51. The van der Waals surface area contributed by atoms with E-state index in [1.165, 1.54) is 0 Å². The van der Waals surface area contributed by atoms with Crippen molar-refractivity contribution in [3.8, 4) is 0 Å². The van der Waals surface area contributed by atoms with Gasteiger partial charge in [0, 0.05) is 0 Å². The van der Waals surface area contributed by atoms with E-state index >= 15 is 0 Å². The van der Waals surface area contributed by atoms with Crippen LogP contribution in [0.2, 0.25) is 0 Å². The van der Waals surface area contributed by atoms with Crippen LogP contribution in [0.5, 0.6) is 0 Å². The number of rotatable bonds is 4. The molecule has 0 saturated carbocycles. The van der Waals surface area contributed by atoms with E-state index in [0.717, 1.165) is 24.0 Å². The van der Waals surface area contributed by atoms with Crippen molar-refractivity contribution in [2.24, 2.45) is 0 Å². The molecule has 0 aliphatic carbocycles. The van der Waals surface area contributed by atoms with E-state index in [1.807, 2.05) is 13.0 Å². The number of hydrogen-bond donors (Lipinski definition) is 1.